The number of rotatable bonds is 6. The van der Waals surface area contributed by atoms with Crippen LogP contribution in [0.15, 0.2) is 60.1 Å². The number of thiophene rings is 1. The molecule has 1 aromatic carbocycles. The van der Waals surface area contributed by atoms with Gasteiger partial charge in [0.1, 0.15) is 0 Å². The van der Waals surface area contributed by atoms with Crippen LogP contribution in [0.4, 0.5) is 8.78 Å². The molecule has 1 N–H and O–H groups in total. The van der Waals surface area contributed by atoms with Gasteiger partial charge in [0.2, 0.25) is 0 Å². The van der Waals surface area contributed by atoms with Gasteiger partial charge in [-0.05, 0) is 54.9 Å². The Balaban J connectivity index is 1.52. The minimum Gasteiger partial charge on any atom is -0.343 e. The Morgan fingerprint density at radius 1 is 1.20 bits per heavy atom. The average molecular weight is 428 g/mol. The van der Waals surface area contributed by atoms with Crippen molar-refractivity contribution in [3.63, 3.8) is 0 Å². The second-order valence-electron chi connectivity index (χ2n) is 7.53. The number of nitrogens with one attached hydrogen (secondary N) is 1. The van der Waals surface area contributed by atoms with Crippen molar-refractivity contribution in [3.8, 4) is 0 Å². The zero-order chi connectivity index (χ0) is 20.9. The van der Waals surface area contributed by atoms with Crippen molar-refractivity contribution in [2.75, 3.05) is 13.1 Å². The summed E-state index contributed by atoms with van der Waals surface area (Å²) >= 11 is 1.40. The number of carbonyl (C=O) groups excluding carboxylic acids is 1. The molecule has 1 saturated heterocycles. The van der Waals surface area contributed by atoms with E-state index in [4.69, 9.17) is 0 Å². The van der Waals surface area contributed by atoms with Crippen LogP contribution in [-0.4, -0.2) is 28.9 Å². The molecule has 30 heavy (non-hydrogen) atoms. The van der Waals surface area contributed by atoms with Gasteiger partial charge >= 0.3 is 0 Å². The fraction of sp³-hybridized carbons (Fsp3) is 0.304. The number of benzene rings is 1. The molecule has 0 unspecified atom stereocenters. The summed E-state index contributed by atoms with van der Waals surface area (Å²) in [4.78, 5) is 20.0. The van der Waals surface area contributed by atoms with Gasteiger partial charge in [0.15, 0.2) is 11.6 Å². The van der Waals surface area contributed by atoms with E-state index in [0.717, 1.165) is 31.1 Å². The maximum atomic E-state index is 14.1. The van der Waals surface area contributed by atoms with Crippen LogP contribution in [0.3, 0.4) is 0 Å². The molecule has 4 nitrogen and oxygen atoms in total. The van der Waals surface area contributed by atoms with Crippen LogP contribution in [-0.2, 0) is 6.54 Å². The number of likely N-dealkylation sites (tertiary alicyclic amines) is 1. The lowest BCUT2D eigenvalue weighted by Crippen LogP contribution is -2.43. The lowest BCUT2D eigenvalue weighted by molar-refractivity contribution is 0.0878. The lowest BCUT2D eigenvalue weighted by atomic mass is 9.88. The third-order valence-corrected chi connectivity index (χ3v) is 6.35. The van der Waals surface area contributed by atoms with E-state index in [1.54, 1.807) is 18.3 Å². The Bertz CT molecular complexity index is 981. The normalized spacial score (nSPS) is 18.1. The quantitative estimate of drug-likeness (QED) is 0.614. The first-order valence-corrected chi connectivity index (χ1v) is 10.9. The molecule has 1 amide bonds. The molecule has 156 valence electrons. The van der Waals surface area contributed by atoms with Crippen LogP contribution in [0, 0.1) is 17.6 Å². The van der Waals surface area contributed by atoms with Crippen LogP contribution in [0.5, 0.6) is 0 Å². The van der Waals surface area contributed by atoms with Crippen LogP contribution in [0.1, 0.15) is 39.8 Å². The average Bonchev–Trinajstić information content (AvgIpc) is 3.31. The number of carbonyl (C=O) groups is 1. The first-order valence-electron chi connectivity index (χ1n) is 10.0. The van der Waals surface area contributed by atoms with E-state index in [1.807, 2.05) is 29.6 Å². The second-order valence-corrected chi connectivity index (χ2v) is 8.48. The third-order valence-electron chi connectivity index (χ3n) is 5.48. The van der Waals surface area contributed by atoms with E-state index >= 15 is 0 Å². The van der Waals surface area contributed by atoms with E-state index < -0.39 is 11.6 Å². The molecule has 4 rings (SSSR count). The van der Waals surface area contributed by atoms with Gasteiger partial charge < -0.3 is 5.32 Å². The molecule has 3 heterocycles. The first-order chi connectivity index (χ1) is 14.6. The molecule has 0 bridgehead atoms. The van der Waals surface area contributed by atoms with E-state index in [2.05, 4.69) is 15.2 Å². The third kappa shape index (κ3) is 4.74. The number of amides is 1. The Hall–Kier alpha value is -2.64. The molecule has 0 aliphatic carbocycles. The van der Waals surface area contributed by atoms with Gasteiger partial charge in [0.25, 0.3) is 5.91 Å². The number of aromatic nitrogens is 1. The highest BCUT2D eigenvalue weighted by Crippen LogP contribution is 2.30. The van der Waals surface area contributed by atoms with E-state index in [0.29, 0.717) is 23.5 Å². The van der Waals surface area contributed by atoms with Gasteiger partial charge in [-0.3, -0.25) is 14.7 Å². The number of hydrogen-bond donors (Lipinski definition) is 1. The number of pyridine rings is 1. The highest BCUT2D eigenvalue weighted by molar-refractivity contribution is 7.12. The van der Waals surface area contributed by atoms with E-state index in [1.165, 1.54) is 17.4 Å². The summed E-state index contributed by atoms with van der Waals surface area (Å²) in [5.41, 5.74) is 1.17. The number of hydrogen-bond acceptors (Lipinski definition) is 4. The van der Waals surface area contributed by atoms with Crippen molar-refractivity contribution in [1.29, 1.82) is 0 Å². The fourth-order valence-electron chi connectivity index (χ4n) is 4.03. The summed E-state index contributed by atoms with van der Waals surface area (Å²) in [6.45, 7) is 1.82. The summed E-state index contributed by atoms with van der Waals surface area (Å²) in [7, 11) is 0. The van der Waals surface area contributed by atoms with Gasteiger partial charge in [-0.15, -0.1) is 11.3 Å². The smallest absolute Gasteiger partial charge is 0.261 e. The topological polar surface area (TPSA) is 45.2 Å². The molecule has 3 aromatic rings. The Morgan fingerprint density at radius 3 is 2.87 bits per heavy atom. The van der Waals surface area contributed by atoms with Crippen molar-refractivity contribution >= 4 is 17.2 Å². The van der Waals surface area contributed by atoms with Crippen molar-refractivity contribution in [3.05, 3.63) is 87.9 Å². The molecule has 1 fully saturated rings. The monoisotopic (exact) mass is 427 g/mol. The molecular formula is C23H23F2N3OS. The standard InChI is InChI=1S/C23H23F2N3OS/c24-18-8-3-6-16(21(18)25)14-28-12-4-7-17(15-28)22(19-9-1-2-11-26-19)27-23(29)20-10-5-13-30-20/h1-3,5-6,8-11,13,17,22H,4,7,12,14-15H2,(H,27,29)/t17-,22-/m0/s1. The Morgan fingerprint density at radius 2 is 2.10 bits per heavy atom. The van der Waals surface area contributed by atoms with Crippen molar-refractivity contribution in [1.82, 2.24) is 15.2 Å². The minimum absolute atomic E-state index is 0.117. The van der Waals surface area contributed by atoms with Crippen molar-refractivity contribution in [2.24, 2.45) is 5.92 Å². The zero-order valence-corrected chi connectivity index (χ0v) is 17.2. The summed E-state index contributed by atoms with van der Waals surface area (Å²) in [6, 6.07) is 13.4. The van der Waals surface area contributed by atoms with Gasteiger partial charge in [-0.1, -0.05) is 24.3 Å². The first kappa shape index (κ1) is 20.6. The van der Waals surface area contributed by atoms with Crippen LogP contribution in [0.25, 0.3) is 0 Å². The summed E-state index contributed by atoms with van der Waals surface area (Å²) in [6.07, 6.45) is 3.57. The SMILES string of the molecule is O=C(N[C@H](c1ccccn1)[C@H]1CCCN(Cc2cccc(F)c2F)C1)c1cccs1. The molecule has 0 radical (unpaired) electrons. The molecule has 1 aliphatic heterocycles. The van der Waals surface area contributed by atoms with Gasteiger partial charge in [0.05, 0.1) is 16.6 Å². The summed E-state index contributed by atoms with van der Waals surface area (Å²) < 4.78 is 27.7. The van der Waals surface area contributed by atoms with Crippen LogP contribution in [0.2, 0.25) is 0 Å². The molecule has 1 aliphatic rings. The Kier molecular flexibility index (Phi) is 6.50. The molecule has 7 heteroatoms. The van der Waals surface area contributed by atoms with Crippen molar-refractivity contribution < 1.29 is 13.6 Å². The predicted octanol–water partition coefficient (Wildman–Crippen LogP) is 4.80. The molecule has 2 aromatic heterocycles. The maximum Gasteiger partial charge on any atom is 0.261 e. The summed E-state index contributed by atoms with van der Waals surface area (Å²) in [5.74, 6) is -1.61. The lowest BCUT2D eigenvalue weighted by Gasteiger charge is -2.37. The Labute approximate surface area is 178 Å². The molecule has 0 spiro atoms. The number of piperidine rings is 1. The minimum atomic E-state index is -0.823. The van der Waals surface area contributed by atoms with E-state index in [9.17, 15) is 13.6 Å². The largest absolute Gasteiger partial charge is 0.343 e. The number of halogens is 2. The van der Waals surface area contributed by atoms with Gasteiger partial charge in [-0.25, -0.2) is 8.78 Å². The highest BCUT2D eigenvalue weighted by Gasteiger charge is 2.31. The zero-order valence-electron chi connectivity index (χ0n) is 16.4. The van der Waals surface area contributed by atoms with Gasteiger partial charge in [0, 0.05) is 24.8 Å². The van der Waals surface area contributed by atoms with Crippen LogP contribution >= 0.6 is 11.3 Å². The summed E-state index contributed by atoms with van der Waals surface area (Å²) in [5, 5.41) is 5.03. The highest BCUT2D eigenvalue weighted by atomic mass is 32.1. The second kappa shape index (κ2) is 9.45. The van der Waals surface area contributed by atoms with E-state index in [-0.39, 0.29) is 17.9 Å². The maximum absolute atomic E-state index is 14.1. The molecule has 2 atom stereocenters. The molecule has 0 saturated carbocycles. The number of nitrogens with zero attached hydrogens (tertiary/aromatic N) is 2. The van der Waals surface area contributed by atoms with Crippen LogP contribution < -0.4 is 5.32 Å². The molecular weight excluding hydrogens is 404 g/mol. The van der Waals surface area contributed by atoms with Crippen molar-refractivity contribution in [2.45, 2.75) is 25.4 Å². The van der Waals surface area contributed by atoms with Gasteiger partial charge in [-0.2, -0.15) is 0 Å². The predicted molar refractivity (Wildman–Crippen MR) is 113 cm³/mol. The fourth-order valence-corrected chi connectivity index (χ4v) is 4.66.